The van der Waals surface area contributed by atoms with Crippen LogP contribution >= 0.6 is 0 Å². The van der Waals surface area contributed by atoms with Gasteiger partial charge in [0.1, 0.15) is 11.5 Å². The van der Waals surface area contributed by atoms with Gasteiger partial charge >= 0.3 is 0 Å². The van der Waals surface area contributed by atoms with Crippen molar-refractivity contribution < 1.29 is 67.7 Å². The van der Waals surface area contributed by atoms with Crippen molar-refractivity contribution in [3.63, 3.8) is 0 Å². The van der Waals surface area contributed by atoms with Gasteiger partial charge in [0.15, 0.2) is 46.7 Å². The lowest BCUT2D eigenvalue weighted by Crippen LogP contribution is -2.28. The summed E-state index contributed by atoms with van der Waals surface area (Å²) in [5.41, 5.74) is 20.7. The molecule has 0 atom stereocenters. The van der Waals surface area contributed by atoms with E-state index in [0.29, 0.717) is 0 Å². The van der Waals surface area contributed by atoms with E-state index >= 15 is 0 Å². The Bertz CT molecular complexity index is 2520. The van der Waals surface area contributed by atoms with Crippen LogP contribution in [0.15, 0.2) is 104 Å². The fourth-order valence-corrected chi connectivity index (χ4v) is 7.40. The number of ether oxygens (including phenoxy) is 5. The van der Waals surface area contributed by atoms with Crippen molar-refractivity contribution in [2.24, 2.45) is 32.9 Å². The van der Waals surface area contributed by atoms with Gasteiger partial charge in [0.05, 0.1) is 49.4 Å². The van der Waals surface area contributed by atoms with Crippen molar-refractivity contribution >= 4 is 55.9 Å². The maximum absolute atomic E-state index is 14.7. The minimum Gasteiger partial charge on any atom is -0.451 e. The van der Waals surface area contributed by atoms with Gasteiger partial charge in [-0.1, -0.05) is 0 Å². The summed E-state index contributed by atoms with van der Waals surface area (Å²) in [6.07, 6.45) is 2.36. The maximum Gasteiger partial charge on any atom is 0.275 e. The predicted octanol–water partition coefficient (Wildman–Crippen LogP) is 3.54. The molecule has 4 aromatic rings. The highest BCUT2D eigenvalue weighted by atomic mass is 32.2. The molecule has 4 aromatic carbocycles. The Hall–Kier alpha value is -6.74. The van der Waals surface area contributed by atoms with Gasteiger partial charge in [-0.3, -0.25) is 9.59 Å². The molecule has 0 aliphatic heterocycles. The molecule has 67 heavy (non-hydrogen) atoms. The summed E-state index contributed by atoms with van der Waals surface area (Å²) in [6, 6.07) is 13.3. The summed E-state index contributed by atoms with van der Waals surface area (Å²) >= 11 is 0. The standard InChI is InChI=1S/C42H46F4N8O11S2/c1-25(39(55)53-41(47)48)19-27-21-33(43)37(34(44)22-27)64-29-3-7-31(8-4-29)66(57,58)51-11-13-61-15-17-63-18-16-62-14-12-52-67(59,60)32-9-5-30(6-10-32)65-38-35(45)23-28(24-36(38)46)20-26(2)40(56)54-42(49)50/h3-10,19-24,51-52H,11-18H2,1-2H3,(H4,47,48,53,55)(H4,49,50,54,56)/b25-19+,26-20+. The third-order valence-corrected chi connectivity index (χ3v) is 11.4. The number of guanidine groups is 2. The molecule has 0 aromatic heterocycles. The first-order valence-electron chi connectivity index (χ1n) is 19.6. The zero-order valence-electron chi connectivity index (χ0n) is 35.8. The molecular formula is C42H46F4N8O11S2. The van der Waals surface area contributed by atoms with Crippen LogP contribution in [-0.4, -0.2) is 93.3 Å². The zero-order chi connectivity index (χ0) is 49.3. The summed E-state index contributed by atoms with van der Waals surface area (Å²) in [6.45, 7) is 3.08. The first-order valence-corrected chi connectivity index (χ1v) is 22.5. The van der Waals surface area contributed by atoms with Gasteiger partial charge in [-0.15, -0.1) is 0 Å². The Morgan fingerprint density at radius 2 is 0.836 bits per heavy atom. The third kappa shape index (κ3) is 16.9. The number of hydrogen-bond acceptors (Lipinski definition) is 11. The fraction of sp³-hybridized carbons (Fsp3) is 0.238. The van der Waals surface area contributed by atoms with Crippen LogP contribution in [0.3, 0.4) is 0 Å². The molecule has 0 aliphatic rings. The number of hydrogen-bond donors (Lipinski definition) is 6. The lowest BCUT2D eigenvalue weighted by Gasteiger charge is -2.11. The molecule has 0 spiro atoms. The van der Waals surface area contributed by atoms with Crippen LogP contribution in [0.1, 0.15) is 25.0 Å². The molecule has 0 unspecified atom stereocenters. The molecule has 0 fully saturated rings. The average Bonchev–Trinajstić information content (AvgIpc) is 3.25. The second kappa shape index (κ2) is 24.7. The number of sulfonamides is 2. The number of benzene rings is 4. The summed E-state index contributed by atoms with van der Waals surface area (Å²) in [5, 5.41) is 0. The van der Waals surface area contributed by atoms with Crippen LogP contribution in [0, 0.1) is 23.3 Å². The molecule has 0 saturated heterocycles. The minimum absolute atomic E-state index is 0.000196. The molecule has 0 bridgehead atoms. The quantitative estimate of drug-likeness (QED) is 0.0192. The van der Waals surface area contributed by atoms with E-state index in [1.165, 1.54) is 74.5 Å². The van der Waals surface area contributed by atoms with E-state index in [9.17, 15) is 44.0 Å². The second-order valence-corrected chi connectivity index (χ2v) is 17.3. The van der Waals surface area contributed by atoms with E-state index < -0.39 is 78.5 Å². The molecule has 10 N–H and O–H groups in total. The fourth-order valence-electron chi connectivity index (χ4n) is 5.37. The molecule has 0 saturated carbocycles. The smallest absolute Gasteiger partial charge is 0.275 e. The van der Waals surface area contributed by atoms with Crippen molar-refractivity contribution in [2.75, 3.05) is 52.7 Å². The second-order valence-electron chi connectivity index (χ2n) is 13.7. The van der Waals surface area contributed by atoms with Crippen molar-refractivity contribution in [3.8, 4) is 23.0 Å². The first kappa shape index (κ1) is 52.9. The number of amides is 2. The molecule has 0 heterocycles. The number of carbonyl (C=O) groups is 2. The first-order chi connectivity index (χ1) is 31.6. The third-order valence-electron chi connectivity index (χ3n) is 8.47. The summed E-state index contributed by atoms with van der Waals surface area (Å²) < 4.78 is 141. The summed E-state index contributed by atoms with van der Waals surface area (Å²) in [5.74, 6) is -8.51. The molecule has 360 valence electrons. The zero-order valence-corrected chi connectivity index (χ0v) is 37.4. The molecule has 0 aliphatic carbocycles. The Kier molecular flexibility index (Phi) is 19.5. The van der Waals surface area contributed by atoms with Crippen LogP contribution in [0.5, 0.6) is 23.0 Å². The topological polar surface area (TPSA) is 301 Å². The predicted molar refractivity (Wildman–Crippen MR) is 238 cm³/mol. The largest absolute Gasteiger partial charge is 0.451 e. The lowest BCUT2D eigenvalue weighted by atomic mass is 10.1. The minimum atomic E-state index is -3.98. The number of nitrogens with one attached hydrogen (secondary N) is 2. The highest BCUT2D eigenvalue weighted by Crippen LogP contribution is 2.32. The van der Waals surface area contributed by atoms with Gasteiger partial charge in [-0.2, -0.15) is 9.98 Å². The Morgan fingerprint density at radius 1 is 0.537 bits per heavy atom. The van der Waals surface area contributed by atoms with E-state index in [2.05, 4.69) is 19.4 Å². The van der Waals surface area contributed by atoms with Gasteiger partial charge in [-0.05, 0) is 110 Å². The lowest BCUT2D eigenvalue weighted by molar-refractivity contribution is -0.115. The van der Waals surface area contributed by atoms with Crippen molar-refractivity contribution in [1.82, 2.24) is 9.44 Å². The number of aliphatic imine (C=N–C) groups is 2. The van der Waals surface area contributed by atoms with Gasteiger partial charge in [0.25, 0.3) is 11.8 Å². The monoisotopic (exact) mass is 978 g/mol. The number of nitrogens with zero attached hydrogens (tertiary/aromatic N) is 2. The molecular weight excluding hydrogens is 933 g/mol. The van der Waals surface area contributed by atoms with Gasteiger partial charge < -0.3 is 46.6 Å². The van der Waals surface area contributed by atoms with Gasteiger partial charge in [0, 0.05) is 24.2 Å². The number of nitrogens with two attached hydrogens (primary N) is 4. The van der Waals surface area contributed by atoms with E-state index in [4.69, 9.17) is 46.6 Å². The molecule has 25 heteroatoms. The highest BCUT2D eigenvalue weighted by molar-refractivity contribution is 7.89. The Morgan fingerprint density at radius 3 is 1.13 bits per heavy atom. The van der Waals surface area contributed by atoms with Gasteiger partial charge in [-0.25, -0.2) is 43.8 Å². The van der Waals surface area contributed by atoms with Crippen LogP contribution < -0.4 is 41.9 Å². The molecule has 4 rings (SSSR count). The van der Waals surface area contributed by atoms with Crippen LogP contribution in [0.4, 0.5) is 17.6 Å². The molecule has 19 nitrogen and oxygen atoms in total. The number of carbonyl (C=O) groups excluding carboxylic acids is 2. The normalized spacial score (nSPS) is 12.1. The van der Waals surface area contributed by atoms with E-state index in [1.54, 1.807) is 0 Å². The Labute approximate surface area is 382 Å². The van der Waals surface area contributed by atoms with Crippen LogP contribution in [0.25, 0.3) is 12.2 Å². The van der Waals surface area contributed by atoms with Crippen LogP contribution in [-0.2, 0) is 43.8 Å². The van der Waals surface area contributed by atoms with Crippen LogP contribution in [0.2, 0.25) is 0 Å². The van der Waals surface area contributed by atoms with Crippen molar-refractivity contribution in [3.05, 3.63) is 118 Å². The van der Waals surface area contributed by atoms with Crippen molar-refractivity contribution in [1.29, 1.82) is 0 Å². The summed E-state index contributed by atoms with van der Waals surface area (Å²) in [4.78, 5) is 30.2. The number of halogens is 4. The van der Waals surface area contributed by atoms with E-state index in [1.807, 2.05) is 0 Å². The van der Waals surface area contributed by atoms with Gasteiger partial charge in [0.2, 0.25) is 20.0 Å². The van der Waals surface area contributed by atoms with E-state index in [0.717, 1.165) is 24.3 Å². The average molecular weight is 979 g/mol. The Balaban J connectivity index is 1.09. The number of rotatable bonds is 24. The SMILES string of the molecule is C/C(=C\c1cc(F)c(Oc2ccc(S(=O)(=O)NCCOCCOCCOCCNS(=O)(=O)c3ccc(Oc4c(F)cc(/C=C(\C)C(=O)N=C(N)N)cc4F)cc3)cc2)c(F)c1)C(=O)N=C(N)N. The summed E-state index contributed by atoms with van der Waals surface area (Å²) in [7, 11) is -7.97. The maximum atomic E-state index is 14.7. The highest BCUT2D eigenvalue weighted by Gasteiger charge is 2.19. The molecule has 0 radical (unpaired) electrons. The van der Waals surface area contributed by atoms with Crippen molar-refractivity contribution in [2.45, 2.75) is 23.6 Å². The molecule has 2 amide bonds. The van der Waals surface area contributed by atoms with E-state index in [-0.39, 0.29) is 96.3 Å².